The molecule has 1 aromatic carbocycles. The van der Waals surface area contributed by atoms with Gasteiger partial charge in [0.05, 0.1) is 28.8 Å². The molecule has 0 spiro atoms. The number of hydrogen-bond donors (Lipinski definition) is 0. The van der Waals surface area contributed by atoms with Crippen LogP contribution in [0.4, 0.5) is 10.1 Å². The van der Waals surface area contributed by atoms with Crippen LogP contribution in [-0.2, 0) is 4.74 Å². The molecule has 0 bridgehead atoms. The molecule has 0 N–H and O–H groups in total. The number of rotatable bonds is 3. The van der Waals surface area contributed by atoms with Crippen molar-refractivity contribution in [2.45, 2.75) is 52.2 Å². The minimum atomic E-state index is -0.741. The van der Waals surface area contributed by atoms with Crippen LogP contribution in [0.3, 0.4) is 0 Å². The second-order valence-corrected chi connectivity index (χ2v) is 8.72. The maximum absolute atomic E-state index is 15.5. The SMILES string of the molecule is CCOC(=O)c1cn2c3c(c(N4CC(C)N(C)C(C)C4)c(F)cc3c1=O)C(=O)CC2C. The number of nitrogens with zero attached hydrogens (tertiary/aromatic N) is 3. The first-order chi connectivity index (χ1) is 14.6. The quantitative estimate of drug-likeness (QED) is 0.699. The molecule has 8 heteroatoms. The number of anilines is 1. The molecule has 2 aliphatic rings. The predicted octanol–water partition coefficient (Wildman–Crippen LogP) is 2.99. The van der Waals surface area contributed by atoms with Gasteiger partial charge in [0.2, 0.25) is 5.43 Å². The Morgan fingerprint density at radius 3 is 2.42 bits per heavy atom. The van der Waals surface area contributed by atoms with Crippen LogP contribution in [0.1, 0.15) is 60.9 Å². The number of hydrogen-bond acceptors (Lipinski definition) is 6. The van der Waals surface area contributed by atoms with E-state index in [1.165, 1.54) is 12.3 Å². The summed E-state index contributed by atoms with van der Waals surface area (Å²) in [6.07, 6.45) is 1.63. The molecule has 0 aliphatic carbocycles. The summed E-state index contributed by atoms with van der Waals surface area (Å²) < 4.78 is 22.3. The van der Waals surface area contributed by atoms with E-state index >= 15 is 4.39 Å². The van der Waals surface area contributed by atoms with E-state index in [9.17, 15) is 14.4 Å². The number of ether oxygens (including phenoxy) is 1. The lowest BCUT2D eigenvalue weighted by Crippen LogP contribution is -2.55. The lowest BCUT2D eigenvalue weighted by Gasteiger charge is -2.44. The third-order valence-electron chi connectivity index (χ3n) is 6.65. The maximum Gasteiger partial charge on any atom is 0.343 e. The number of esters is 1. The Morgan fingerprint density at radius 1 is 1.16 bits per heavy atom. The molecule has 2 aliphatic heterocycles. The van der Waals surface area contributed by atoms with E-state index in [0.717, 1.165) is 0 Å². The highest BCUT2D eigenvalue weighted by Crippen LogP contribution is 2.39. The summed E-state index contributed by atoms with van der Waals surface area (Å²) in [4.78, 5) is 42.7. The Morgan fingerprint density at radius 2 is 1.81 bits per heavy atom. The van der Waals surface area contributed by atoms with Gasteiger partial charge in [0.15, 0.2) is 5.78 Å². The number of Topliss-reactive ketones (excluding diaryl/α,β-unsaturated/α-hetero) is 1. The van der Waals surface area contributed by atoms with Crippen molar-refractivity contribution in [1.82, 2.24) is 9.47 Å². The zero-order valence-electron chi connectivity index (χ0n) is 18.6. The van der Waals surface area contributed by atoms with Crippen molar-refractivity contribution in [2.75, 3.05) is 31.6 Å². The van der Waals surface area contributed by atoms with Gasteiger partial charge in [0.1, 0.15) is 11.4 Å². The summed E-state index contributed by atoms with van der Waals surface area (Å²) in [6, 6.07) is 1.27. The van der Waals surface area contributed by atoms with Gasteiger partial charge < -0.3 is 14.2 Å². The molecule has 3 unspecified atom stereocenters. The monoisotopic (exact) mass is 429 g/mol. The van der Waals surface area contributed by atoms with Gasteiger partial charge in [-0.15, -0.1) is 0 Å². The Bertz CT molecular complexity index is 1130. The number of piperazine rings is 1. The van der Waals surface area contributed by atoms with Crippen molar-refractivity contribution in [2.24, 2.45) is 0 Å². The zero-order chi connectivity index (χ0) is 22.6. The van der Waals surface area contributed by atoms with Crippen molar-refractivity contribution in [3.63, 3.8) is 0 Å². The Balaban J connectivity index is 2.00. The van der Waals surface area contributed by atoms with Crippen molar-refractivity contribution < 1.29 is 18.7 Å². The lowest BCUT2D eigenvalue weighted by molar-refractivity contribution is 0.0524. The van der Waals surface area contributed by atoms with Gasteiger partial charge in [-0.2, -0.15) is 0 Å². The molecule has 3 heterocycles. The van der Waals surface area contributed by atoms with E-state index in [0.29, 0.717) is 18.6 Å². The summed E-state index contributed by atoms with van der Waals surface area (Å²) in [6.45, 7) is 8.92. The van der Waals surface area contributed by atoms with E-state index < -0.39 is 17.2 Å². The fraction of sp³-hybridized carbons (Fsp3) is 0.522. The zero-order valence-corrected chi connectivity index (χ0v) is 18.6. The standard InChI is InChI=1S/C23H28FN3O4/c1-6-31-23(30)16-11-27-12(2)7-18(28)19-20(27)15(22(16)29)8-17(24)21(19)26-9-13(3)25(5)14(4)10-26/h8,11-14H,6-7,9-10H2,1-5H3. The third-order valence-corrected chi connectivity index (χ3v) is 6.65. The van der Waals surface area contributed by atoms with Crippen molar-refractivity contribution in [3.8, 4) is 0 Å². The topological polar surface area (TPSA) is 71.8 Å². The number of benzene rings is 1. The number of halogens is 1. The van der Waals surface area contributed by atoms with E-state index in [2.05, 4.69) is 18.7 Å². The molecule has 3 atom stereocenters. The Labute approximate surface area is 180 Å². The molecule has 0 radical (unpaired) electrons. The van der Waals surface area contributed by atoms with Gasteiger partial charge >= 0.3 is 5.97 Å². The predicted molar refractivity (Wildman–Crippen MR) is 117 cm³/mol. The van der Waals surface area contributed by atoms with E-state index in [-0.39, 0.29) is 59.1 Å². The van der Waals surface area contributed by atoms with Crippen molar-refractivity contribution >= 4 is 28.3 Å². The fourth-order valence-electron chi connectivity index (χ4n) is 4.81. The van der Waals surface area contributed by atoms with Gasteiger partial charge in [-0.3, -0.25) is 14.5 Å². The summed E-state index contributed by atoms with van der Waals surface area (Å²) >= 11 is 0. The molecule has 1 saturated heterocycles. The summed E-state index contributed by atoms with van der Waals surface area (Å²) in [5, 5.41) is 0.0388. The van der Waals surface area contributed by atoms with Gasteiger partial charge in [0.25, 0.3) is 0 Å². The van der Waals surface area contributed by atoms with Gasteiger partial charge in [-0.05, 0) is 40.8 Å². The first-order valence-corrected chi connectivity index (χ1v) is 10.7. The van der Waals surface area contributed by atoms with Crippen LogP contribution in [0.15, 0.2) is 17.1 Å². The number of ketones is 1. The summed E-state index contributed by atoms with van der Waals surface area (Å²) in [5.74, 6) is -1.54. The number of pyridine rings is 1. The molecule has 0 saturated carbocycles. The van der Waals surface area contributed by atoms with Crippen LogP contribution in [0.5, 0.6) is 0 Å². The molecule has 2 aromatic rings. The van der Waals surface area contributed by atoms with Crippen molar-refractivity contribution in [1.29, 1.82) is 0 Å². The van der Waals surface area contributed by atoms with Crippen LogP contribution in [-0.4, -0.2) is 60.0 Å². The number of carbonyl (C=O) groups is 2. The molecule has 1 fully saturated rings. The Kier molecular flexibility index (Phi) is 5.37. The highest BCUT2D eigenvalue weighted by Gasteiger charge is 2.36. The number of carbonyl (C=O) groups excluding carboxylic acids is 2. The van der Waals surface area contributed by atoms with Crippen molar-refractivity contribution in [3.05, 3.63) is 39.4 Å². The molecular formula is C23H28FN3O4. The van der Waals surface area contributed by atoms with Crippen LogP contribution in [0.25, 0.3) is 10.9 Å². The first kappa shape index (κ1) is 21.5. The second kappa shape index (κ2) is 7.75. The molecular weight excluding hydrogens is 401 g/mol. The smallest absolute Gasteiger partial charge is 0.343 e. The average Bonchev–Trinajstić information content (AvgIpc) is 2.70. The molecule has 31 heavy (non-hydrogen) atoms. The van der Waals surface area contributed by atoms with Gasteiger partial charge in [0, 0.05) is 43.8 Å². The molecule has 4 rings (SSSR count). The lowest BCUT2D eigenvalue weighted by atomic mass is 9.92. The summed E-state index contributed by atoms with van der Waals surface area (Å²) in [5.41, 5.74) is 0.143. The molecule has 1 aromatic heterocycles. The van der Waals surface area contributed by atoms with E-state index in [1.54, 1.807) is 11.5 Å². The average molecular weight is 429 g/mol. The highest BCUT2D eigenvalue weighted by atomic mass is 19.1. The minimum absolute atomic E-state index is 0.0388. The van der Waals surface area contributed by atoms with Crippen LogP contribution in [0, 0.1) is 5.82 Å². The highest BCUT2D eigenvalue weighted by molar-refractivity contribution is 6.13. The van der Waals surface area contributed by atoms with Crippen LogP contribution in [0.2, 0.25) is 0 Å². The second-order valence-electron chi connectivity index (χ2n) is 8.72. The van der Waals surface area contributed by atoms with Crippen LogP contribution < -0.4 is 10.3 Å². The number of likely N-dealkylation sites (N-methyl/N-ethyl adjacent to an activating group) is 1. The third kappa shape index (κ3) is 3.33. The van der Waals surface area contributed by atoms with Crippen LogP contribution >= 0.6 is 0 Å². The van der Waals surface area contributed by atoms with Gasteiger partial charge in [-0.25, -0.2) is 9.18 Å². The summed E-state index contributed by atoms with van der Waals surface area (Å²) in [7, 11) is 2.04. The normalized spacial score (nSPS) is 24.0. The first-order valence-electron chi connectivity index (χ1n) is 10.7. The fourth-order valence-corrected chi connectivity index (χ4v) is 4.81. The van der Waals surface area contributed by atoms with E-state index in [4.69, 9.17) is 4.74 Å². The molecule has 166 valence electrons. The molecule has 7 nitrogen and oxygen atoms in total. The largest absolute Gasteiger partial charge is 0.462 e. The maximum atomic E-state index is 15.5. The van der Waals surface area contributed by atoms with E-state index in [1.807, 2.05) is 18.9 Å². The number of aromatic nitrogens is 1. The molecule has 0 amide bonds. The Hall–Kier alpha value is -2.74. The van der Waals surface area contributed by atoms with Gasteiger partial charge in [-0.1, -0.05) is 0 Å². The minimum Gasteiger partial charge on any atom is -0.462 e.